The van der Waals surface area contributed by atoms with Gasteiger partial charge in [0.1, 0.15) is 0 Å². The highest BCUT2D eigenvalue weighted by Crippen LogP contribution is 1.86. The molecule has 0 bridgehead atoms. The van der Waals surface area contributed by atoms with E-state index in [4.69, 9.17) is 0 Å². The molecule has 0 saturated heterocycles. The van der Waals surface area contributed by atoms with E-state index in [0.717, 1.165) is 6.54 Å². The van der Waals surface area contributed by atoms with Gasteiger partial charge in [-0.3, -0.25) is 0 Å². The second kappa shape index (κ2) is 5.89. The number of aliphatic imine (C=N–C) groups is 1. The predicted molar refractivity (Wildman–Crippen MR) is 38.2 cm³/mol. The summed E-state index contributed by atoms with van der Waals surface area (Å²) in [6.07, 6.45) is 1.27. The third-order valence-corrected chi connectivity index (χ3v) is 2.13. The van der Waals surface area contributed by atoms with E-state index in [1.165, 1.54) is 12.5 Å². The zero-order chi connectivity index (χ0) is 5.54. The number of nitrogens with zero attached hydrogens (tertiary/aromatic N) is 1. The average molecular weight is 115 g/mol. The molecule has 42 valence electrons. The standard InChI is InChI=1S/C5H13NSi/c1-6-4-3-5-7-2/h1,3-5,7H2,2H3. The van der Waals surface area contributed by atoms with Crippen molar-refractivity contribution in [3.05, 3.63) is 0 Å². The molecule has 7 heavy (non-hydrogen) atoms. The summed E-state index contributed by atoms with van der Waals surface area (Å²) in [5, 5.41) is 0. The molecule has 0 atom stereocenters. The van der Waals surface area contributed by atoms with E-state index < -0.39 is 0 Å². The molecule has 0 aliphatic heterocycles. The Hall–Kier alpha value is -0.113. The number of hydrogen-bond donors (Lipinski definition) is 0. The molecule has 0 spiro atoms. The van der Waals surface area contributed by atoms with Crippen molar-refractivity contribution in [3.8, 4) is 0 Å². The molecule has 0 N–H and O–H groups in total. The largest absolute Gasteiger partial charge is 0.301 e. The fraction of sp³-hybridized carbons (Fsp3) is 0.800. The molecule has 0 fully saturated rings. The number of rotatable bonds is 4. The molecule has 0 unspecified atom stereocenters. The molecule has 0 radical (unpaired) electrons. The van der Waals surface area contributed by atoms with Crippen LogP contribution >= 0.6 is 0 Å². The maximum Gasteiger partial charge on any atom is 0.0379 e. The first kappa shape index (κ1) is 6.89. The molecule has 0 aromatic heterocycles. The van der Waals surface area contributed by atoms with Crippen LogP contribution in [0.4, 0.5) is 0 Å². The van der Waals surface area contributed by atoms with E-state index in [1.54, 1.807) is 0 Å². The highest BCUT2D eigenvalue weighted by atomic mass is 28.2. The van der Waals surface area contributed by atoms with Crippen molar-refractivity contribution in [2.75, 3.05) is 6.54 Å². The first-order valence-electron chi connectivity index (χ1n) is 2.84. The lowest BCUT2D eigenvalue weighted by Gasteiger charge is -1.87. The topological polar surface area (TPSA) is 12.4 Å². The lowest BCUT2D eigenvalue weighted by Crippen LogP contribution is -1.83. The fourth-order valence-electron chi connectivity index (χ4n) is 0.474. The average Bonchev–Trinajstić information content (AvgIpc) is 1.69. The normalized spacial score (nSPS) is 10.4. The van der Waals surface area contributed by atoms with Crippen LogP contribution in [0.3, 0.4) is 0 Å². The summed E-state index contributed by atoms with van der Waals surface area (Å²) in [7, 11) is 0.306. The van der Waals surface area contributed by atoms with Gasteiger partial charge in [-0.2, -0.15) is 0 Å². The second-order valence-electron chi connectivity index (χ2n) is 1.65. The van der Waals surface area contributed by atoms with Crippen LogP contribution in [-0.2, 0) is 0 Å². The van der Waals surface area contributed by atoms with E-state index in [1.807, 2.05) is 0 Å². The van der Waals surface area contributed by atoms with Crippen molar-refractivity contribution < 1.29 is 0 Å². The quantitative estimate of drug-likeness (QED) is 0.291. The summed E-state index contributed by atoms with van der Waals surface area (Å²) in [6.45, 7) is 6.69. The van der Waals surface area contributed by atoms with E-state index in [9.17, 15) is 0 Å². The van der Waals surface area contributed by atoms with Gasteiger partial charge < -0.3 is 4.99 Å². The minimum Gasteiger partial charge on any atom is -0.301 e. The monoisotopic (exact) mass is 115 g/mol. The molecule has 0 saturated carbocycles. The molecule has 0 aliphatic carbocycles. The molecule has 0 amide bonds. The maximum atomic E-state index is 3.75. The Morgan fingerprint density at radius 3 is 2.86 bits per heavy atom. The minimum absolute atomic E-state index is 0.306. The van der Waals surface area contributed by atoms with Gasteiger partial charge in [0, 0.05) is 16.1 Å². The first-order chi connectivity index (χ1) is 3.41. The third kappa shape index (κ3) is 5.89. The SMILES string of the molecule is C=NCCC[SiH2]C. The van der Waals surface area contributed by atoms with Crippen LogP contribution in [0.5, 0.6) is 0 Å². The smallest absolute Gasteiger partial charge is 0.0379 e. The Morgan fingerprint density at radius 2 is 2.43 bits per heavy atom. The van der Waals surface area contributed by atoms with Gasteiger partial charge in [0.05, 0.1) is 0 Å². The van der Waals surface area contributed by atoms with E-state index >= 15 is 0 Å². The van der Waals surface area contributed by atoms with Gasteiger partial charge in [0.2, 0.25) is 0 Å². The van der Waals surface area contributed by atoms with E-state index in [-0.39, 0.29) is 0 Å². The van der Waals surface area contributed by atoms with Crippen LogP contribution in [-0.4, -0.2) is 22.8 Å². The van der Waals surface area contributed by atoms with Gasteiger partial charge >= 0.3 is 0 Å². The van der Waals surface area contributed by atoms with Gasteiger partial charge in [0.25, 0.3) is 0 Å². The van der Waals surface area contributed by atoms with Crippen LogP contribution in [0.2, 0.25) is 12.6 Å². The molecule has 0 aromatic carbocycles. The third-order valence-electron chi connectivity index (χ3n) is 0.920. The Morgan fingerprint density at radius 1 is 1.71 bits per heavy atom. The molecule has 0 heterocycles. The first-order valence-corrected chi connectivity index (χ1v) is 5.25. The number of hydrogen-bond acceptors (Lipinski definition) is 1. The highest BCUT2D eigenvalue weighted by Gasteiger charge is 1.78. The fourth-order valence-corrected chi connectivity index (χ4v) is 1.20. The molecule has 2 heteroatoms. The van der Waals surface area contributed by atoms with Crippen LogP contribution in [0.25, 0.3) is 0 Å². The summed E-state index contributed by atoms with van der Waals surface area (Å²) in [5.41, 5.74) is 0. The van der Waals surface area contributed by atoms with Crippen LogP contribution in [0, 0.1) is 0 Å². The summed E-state index contributed by atoms with van der Waals surface area (Å²) >= 11 is 0. The summed E-state index contributed by atoms with van der Waals surface area (Å²) in [4.78, 5) is 3.75. The van der Waals surface area contributed by atoms with Gasteiger partial charge in [-0.25, -0.2) is 0 Å². The van der Waals surface area contributed by atoms with Crippen LogP contribution in [0.15, 0.2) is 4.99 Å². The summed E-state index contributed by atoms with van der Waals surface area (Å²) in [6, 6.07) is 1.43. The summed E-state index contributed by atoms with van der Waals surface area (Å²) < 4.78 is 0. The molecular weight excluding hydrogens is 102 g/mol. The Labute approximate surface area is 47.7 Å². The lowest BCUT2D eigenvalue weighted by molar-refractivity contribution is 0.933. The van der Waals surface area contributed by atoms with Crippen molar-refractivity contribution in [1.82, 2.24) is 0 Å². The van der Waals surface area contributed by atoms with E-state index in [0.29, 0.717) is 9.52 Å². The highest BCUT2D eigenvalue weighted by molar-refractivity contribution is 6.33. The van der Waals surface area contributed by atoms with Gasteiger partial charge in [-0.05, 0) is 13.1 Å². The molecule has 0 rings (SSSR count). The Balaban J connectivity index is 2.56. The van der Waals surface area contributed by atoms with Crippen LogP contribution in [0.1, 0.15) is 6.42 Å². The summed E-state index contributed by atoms with van der Waals surface area (Å²) in [5.74, 6) is 0. The van der Waals surface area contributed by atoms with Crippen LogP contribution < -0.4 is 0 Å². The van der Waals surface area contributed by atoms with Gasteiger partial charge in [-0.15, -0.1) is 0 Å². The maximum absolute atomic E-state index is 3.75. The second-order valence-corrected chi connectivity index (χ2v) is 3.36. The molecule has 1 nitrogen and oxygen atoms in total. The van der Waals surface area contributed by atoms with Crippen molar-refractivity contribution in [1.29, 1.82) is 0 Å². The molecular formula is C5H13NSi. The molecule has 0 aromatic rings. The van der Waals surface area contributed by atoms with E-state index in [2.05, 4.69) is 18.3 Å². The molecule has 0 aliphatic rings. The Bertz CT molecular complexity index is 45.3. The Kier molecular flexibility index (Phi) is 5.79. The van der Waals surface area contributed by atoms with Crippen molar-refractivity contribution in [2.24, 2.45) is 4.99 Å². The van der Waals surface area contributed by atoms with Gasteiger partial charge in [-0.1, -0.05) is 12.6 Å². The predicted octanol–water partition coefficient (Wildman–Crippen LogP) is 0.712. The van der Waals surface area contributed by atoms with Crippen molar-refractivity contribution >= 4 is 16.2 Å². The minimum atomic E-state index is 0.306. The van der Waals surface area contributed by atoms with Crippen molar-refractivity contribution in [3.63, 3.8) is 0 Å². The lowest BCUT2D eigenvalue weighted by atomic mass is 10.5. The van der Waals surface area contributed by atoms with Crippen molar-refractivity contribution in [2.45, 2.75) is 19.0 Å². The van der Waals surface area contributed by atoms with Gasteiger partial charge in [0.15, 0.2) is 0 Å². The zero-order valence-corrected chi connectivity index (χ0v) is 6.40. The zero-order valence-electron chi connectivity index (χ0n) is 4.98.